The maximum Gasteiger partial charge on any atom is 0.264 e. The van der Waals surface area contributed by atoms with E-state index >= 15 is 0 Å². The van der Waals surface area contributed by atoms with Gasteiger partial charge in [-0.1, -0.05) is 91.2 Å². The smallest absolute Gasteiger partial charge is 0.264 e. The topological polar surface area (TPSA) is 86.8 Å². The lowest BCUT2D eigenvalue weighted by Crippen LogP contribution is -2.54. The van der Waals surface area contributed by atoms with Gasteiger partial charge in [-0.15, -0.1) is 0 Å². The van der Waals surface area contributed by atoms with Gasteiger partial charge in [-0.25, -0.2) is 12.8 Å². The Morgan fingerprint density at radius 2 is 1.42 bits per heavy atom. The van der Waals surface area contributed by atoms with Gasteiger partial charge in [0.05, 0.1) is 10.6 Å². The van der Waals surface area contributed by atoms with Crippen LogP contribution in [0.15, 0.2) is 114 Å². The van der Waals surface area contributed by atoms with Crippen molar-refractivity contribution in [3.05, 3.63) is 132 Å². The van der Waals surface area contributed by atoms with Crippen molar-refractivity contribution in [3.8, 4) is 0 Å². The number of para-hydroxylation sites is 1. The third kappa shape index (κ3) is 8.16. The predicted octanol–water partition coefficient (Wildman–Crippen LogP) is 6.03. The molecule has 0 spiro atoms. The number of rotatable bonds is 12. The summed E-state index contributed by atoms with van der Waals surface area (Å²) in [6, 6.07) is 29.2. The molecule has 1 N–H and O–H groups in total. The van der Waals surface area contributed by atoms with Gasteiger partial charge in [-0.3, -0.25) is 13.9 Å². The lowest BCUT2D eigenvalue weighted by Gasteiger charge is -2.34. The molecule has 234 valence electrons. The molecule has 0 heterocycles. The highest BCUT2D eigenvalue weighted by atomic mass is 32.2. The van der Waals surface area contributed by atoms with Crippen LogP contribution in [-0.4, -0.2) is 43.8 Å². The Morgan fingerprint density at radius 3 is 2.04 bits per heavy atom. The zero-order chi connectivity index (χ0) is 31.8. The Hall–Kier alpha value is -4.50. The van der Waals surface area contributed by atoms with Crippen LogP contribution < -0.4 is 9.62 Å². The van der Waals surface area contributed by atoms with Crippen LogP contribution in [-0.2, 0) is 32.6 Å². The number of amides is 2. The fourth-order valence-corrected chi connectivity index (χ4v) is 7.08. The first kappa shape index (κ1) is 31.9. The van der Waals surface area contributed by atoms with Gasteiger partial charge in [0, 0.05) is 19.0 Å². The summed E-state index contributed by atoms with van der Waals surface area (Å²) >= 11 is 0. The van der Waals surface area contributed by atoms with E-state index in [1.165, 1.54) is 29.2 Å². The van der Waals surface area contributed by atoms with Crippen LogP contribution >= 0.6 is 0 Å². The molecule has 1 atom stereocenters. The lowest BCUT2D eigenvalue weighted by molar-refractivity contribution is -0.140. The van der Waals surface area contributed by atoms with Gasteiger partial charge < -0.3 is 10.2 Å². The molecule has 1 aliphatic carbocycles. The summed E-state index contributed by atoms with van der Waals surface area (Å²) in [4.78, 5) is 30.0. The van der Waals surface area contributed by atoms with Gasteiger partial charge in [0.1, 0.15) is 18.4 Å². The van der Waals surface area contributed by atoms with Crippen molar-refractivity contribution in [2.45, 2.75) is 62.6 Å². The van der Waals surface area contributed by atoms with Crippen LogP contribution in [0.4, 0.5) is 10.1 Å². The van der Waals surface area contributed by atoms with Gasteiger partial charge in [-0.05, 0) is 67.3 Å². The van der Waals surface area contributed by atoms with Crippen molar-refractivity contribution in [3.63, 3.8) is 0 Å². The van der Waals surface area contributed by atoms with Gasteiger partial charge in [0.25, 0.3) is 10.0 Å². The number of carbonyl (C=O) groups excluding carboxylic acids is 2. The zero-order valence-corrected chi connectivity index (χ0v) is 26.1. The largest absolute Gasteiger partial charge is 0.352 e. The van der Waals surface area contributed by atoms with Crippen LogP contribution in [0.5, 0.6) is 0 Å². The van der Waals surface area contributed by atoms with E-state index in [1.54, 1.807) is 54.6 Å². The van der Waals surface area contributed by atoms with Crippen molar-refractivity contribution < 1.29 is 22.4 Å². The minimum Gasteiger partial charge on any atom is -0.352 e. The molecule has 0 aliphatic heterocycles. The molecule has 0 aromatic heterocycles. The third-order valence-corrected chi connectivity index (χ3v) is 9.96. The van der Waals surface area contributed by atoms with Crippen LogP contribution in [0.1, 0.15) is 42.4 Å². The molecule has 4 aromatic rings. The van der Waals surface area contributed by atoms with Crippen molar-refractivity contribution in [2.24, 2.45) is 0 Å². The van der Waals surface area contributed by atoms with E-state index in [0.717, 1.165) is 41.1 Å². The normalized spacial score (nSPS) is 14.1. The molecule has 0 saturated heterocycles. The average Bonchev–Trinajstić information content (AvgIpc) is 3.56. The fraction of sp³-hybridized carbons (Fsp3) is 0.278. The van der Waals surface area contributed by atoms with E-state index in [9.17, 15) is 22.4 Å². The molecule has 1 fully saturated rings. The highest BCUT2D eigenvalue weighted by Crippen LogP contribution is 2.26. The Morgan fingerprint density at radius 1 is 0.822 bits per heavy atom. The Balaban J connectivity index is 1.54. The monoisotopic (exact) mass is 627 g/mol. The minimum absolute atomic E-state index is 0.0120. The molecular formula is C36H38FN3O4S. The van der Waals surface area contributed by atoms with E-state index in [-0.39, 0.29) is 29.8 Å². The number of halogens is 1. The molecular weight excluding hydrogens is 589 g/mol. The summed E-state index contributed by atoms with van der Waals surface area (Å²) in [6.07, 6.45) is 4.01. The quantitative estimate of drug-likeness (QED) is 0.208. The van der Waals surface area contributed by atoms with E-state index < -0.39 is 34.3 Å². The van der Waals surface area contributed by atoms with Gasteiger partial charge >= 0.3 is 0 Å². The molecule has 7 nitrogen and oxygen atoms in total. The lowest BCUT2D eigenvalue weighted by atomic mass is 10.0. The SMILES string of the molecule is Cc1ccc(S(=O)(=O)N(CC(=O)N(Cc2ccc(F)cc2)[C@H](Cc2ccccc2)C(=O)NC2CCCC2)c2ccccc2)cc1. The number of benzene rings is 4. The predicted molar refractivity (Wildman–Crippen MR) is 173 cm³/mol. The van der Waals surface area contributed by atoms with Crippen molar-refractivity contribution in [1.29, 1.82) is 0 Å². The number of nitrogens with zero attached hydrogens (tertiary/aromatic N) is 2. The number of sulfonamides is 1. The highest BCUT2D eigenvalue weighted by Gasteiger charge is 2.35. The van der Waals surface area contributed by atoms with E-state index in [0.29, 0.717) is 11.3 Å². The first-order valence-electron chi connectivity index (χ1n) is 15.2. The Labute approximate surface area is 264 Å². The number of hydrogen-bond acceptors (Lipinski definition) is 4. The molecule has 0 radical (unpaired) electrons. The number of hydrogen-bond donors (Lipinski definition) is 1. The van der Waals surface area contributed by atoms with Crippen LogP contribution in [0, 0.1) is 12.7 Å². The second-order valence-corrected chi connectivity index (χ2v) is 13.4. The number of anilines is 1. The number of nitrogens with one attached hydrogen (secondary N) is 1. The minimum atomic E-state index is -4.17. The summed E-state index contributed by atoms with van der Waals surface area (Å²) in [5.41, 5.74) is 2.69. The summed E-state index contributed by atoms with van der Waals surface area (Å²) in [7, 11) is -4.17. The van der Waals surface area contributed by atoms with E-state index in [1.807, 2.05) is 37.3 Å². The molecule has 1 aliphatic rings. The highest BCUT2D eigenvalue weighted by molar-refractivity contribution is 7.92. The van der Waals surface area contributed by atoms with Crippen LogP contribution in [0.3, 0.4) is 0 Å². The summed E-state index contributed by atoms with van der Waals surface area (Å²) in [5.74, 6) is -1.27. The third-order valence-electron chi connectivity index (χ3n) is 8.17. The standard InChI is InChI=1S/C36H38FN3O4S/c1-27-16-22-33(23-17-27)45(43,44)40(32-14-6-3-7-15-32)26-35(41)39(25-29-18-20-30(37)21-19-29)34(24-28-10-4-2-5-11-28)36(42)38-31-12-8-9-13-31/h2-7,10-11,14-23,31,34H,8-9,12-13,24-26H2,1H3,(H,38,42)/t34-/m1/s1. The first-order valence-corrected chi connectivity index (χ1v) is 16.7. The second kappa shape index (κ2) is 14.5. The number of carbonyl (C=O) groups is 2. The van der Waals surface area contributed by atoms with E-state index in [4.69, 9.17) is 0 Å². The van der Waals surface area contributed by atoms with Gasteiger partial charge in [0.2, 0.25) is 11.8 Å². The van der Waals surface area contributed by atoms with E-state index in [2.05, 4.69) is 5.32 Å². The molecule has 2 amide bonds. The second-order valence-electron chi connectivity index (χ2n) is 11.5. The van der Waals surface area contributed by atoms with Crippen molar-refractivity contribution in [2.75, 3.05) is 10.8 Å². The van der Waals surface area contributed by atoms with Crippen LogP contribution in [0.2, 0.25) is 0 Å². The molecule has 0 bridgehead atoms. The summed E-state index contributed by atoms with van der Waals surface area (Å²) < 4.78 is 43.0. The maximum absolute atomic E-state index is 14.5. The molecule has 9 heteroatoms. The molecule has 4 aromatic carbocycles. The average molecular weight is 628 g/mol. The van der Waals surface area contributed by atoms with Gasteiger partial charge in [0.15, 0.2) is 0 Å². The summed E-state index contributed by atoms with van der Waals surface area (Å²) in [6.45, 7) is 1.32. The first-order chi connectivity index (χ1) is 21.7. The fourth-order valence-electron chi connectivity index (χ4n) is 5.67. The molecule has 0 unspecified atom stereocenters. The zero-order valence-electron chi connectivity index (χ0n) is 25.3. The Kier molecular flexibility index (Phi) is 10.3. The van der Waals surface area contributed by atoms with Crippen LogP contribution in [0.25, 0.3) is 0 Å². The molecule has 45 heavy (non-hydrogen) atoms. The van der Waals surface area contributed by atoms with Gasteiger partial charge in [-0.2, -0.15) is 0 Å². The Bertz CT molecular complexity index is 1680. The number of aryl methyl sites for hydroxylation is 1. The summed E-state index contributed by atoms with van der Waals surface area (Å²) in [5, 5.41) is 3.15. The molecule has 5 rings (SSSR count). The van der Waals surface area contributed by atoms with Crippen molar-refractivity contribution >= 4 is 27.5 Å². The van der Waals surface area contributed by atoms with Crippen molar-refractivity contribution in [1.82, 2.24) is 10.2 Å². The molecule has 1 saturated carbocycles. The maximum atomic E-state index is 14.5.